The Balaban J connectivity index is 2.35. The van der Waals surface area contributed by atoms with Gasteiger partial charge >= 0.3 is 0 Å². The molecule has 1 heterocycles. The van der Waals surface area contributed by atoms with Crippen LogP contribution >= 0.6 is 0 Å². The normalized spacial score (nSPS) is 13.2. The molecule has 0 bridgehead atoms. The quantitative estimate of drug-likeness (QED) is 0.835. The fraction of sp³-hybridized carbons (Fsp3) is 0.538. The van der Waals surface area contributed by atoms with Crippen molar-refractivity contribution in [3.63, 3.8) is 0 Å². The van der Waals surface area contributed by atoms with E-state index in [-0.39, 0.29) is 11.3 Å². The van der Waals surface area contributed by atoms with Crippen molar-refractivity contribution in [2.24, 2.45) is 5.41 Å². The molecule has 2 N–H and O–H groups in total. The zero-order chi connectivity index (χ0) is 12.9. The van der Waals surface area contributed by atoms with Crippen molar-refractivity contribution in [2.45, 2.75) is 33.3 Å². The van der Waals surface area contributed by atoms with Gasteiger partial charge in [-0.15, -0.1) is 0 Å². The monoisotopic (exact) mass is 236 g/mol. The first-order chi connectivity index (χ1) is 7.91. The summed E-state index contributed by atoms with van der Waals surface area (Å²) in [4.78, 5) is 15.5. The Kier molecular flexibility index (Phi) is 4.63. The van der Waals surface area contributed by atoms with Gasteiger partial charge in [0.05, 0.1) is 6.10 Å². The maximum Gasteiger partial charge on any atom is 0.251 e. The van der Waals surface area contributed by atoms with Gasteiger partial charge in [0.1, 0.15) is 0 Å². The first kappa shape index (κ1) is 13.6. The molecule has 1 aromatic heterocycles. The molecule has 0 aromatic carbocycles. The Morgan fingerprint density at radius 1 is 1.41 bits per heavy atom. The second-order valence-electron chi connectivity index (χ2n) is 5.16. The van der Waals surface area contributed by atoms with Gasteiger partial charge in [0.15, 0.2) is 0 Å². The van der Waals surface area contributed by atoms with Gasteiger partial charge in [-0.3, -0.25) is 9.78 Å². The molecule has 94 valence electrons. The molecule has 0 spiro atoms. The van der Waals surface area contributed by atoms with E-state index in [4.69, 9.17) is 0 Å². The number of rotatable bonds is 4. The lowest BCUT2D eigenvalue weighted by atomic mass is 9.87. The summed E-state index contributed by atoms with van der Waals surface area (Å²) in [5.41, 5.74) is 0.437. The summed E-state index contributed by atoms with van der Waals surface area (Å²) in [6.07, 6.45) is 3.30. The summed E-state index contributed by atoms with van der Waals surface area (Å²) >= 11 is 0. The third kappa shape index (κ3) is 4.53. The highest BCUT2D eigenvalue weighted by Crippen LogP contribution is 2.20. The molecule has 17 heavy (non-hydrogen) atoms. The van der Waals surface area contributed by atoms with Crippen molar-refractivity contribution in [1.29, 1.82) is 0 Å². The zero-order valence-corrected chi connectivity index (χ0v) is 10.6. The molecule has 0 saturated heterocycles. The Morgan fingerprint density at radius 3 is 2.53 bits per heavy atom. The van der Waals surface area contributed by atoms with Crippen LogP contribution in [0.3, 0.4) is 0 Å². The van der Waals surface area contributed by atoms with E-state index in [0.717, 1.165) is 0 Å². The standard InChI is InChI=1S/C13H20N2O2/c1-13(2,3)11(16)6-9-15-12(17)10-4-7-14-8-5-10/h4-5,7-8,11,16H,6,9H2,1-3H3,(H,15,17)/t11-/m0/s1. The molecule has 0 unspecified atom stereocenters. The first-order valence-corrected chi connectivity index (χ1v) is 5.77. The molecular formula is C13H20N2O2. The van der Waals surface area contributed by atoms with Gasteiger partial charge in [-0.25, -0.2) is 0 Å². The summed E-state index contributed by atoms with van der Waals surface area (Å²) in [6, 6.07) is 3.32. The number of carbonyl (C=O) groups excluding carboxylic acids is 1. The van der Waals surface area contributed by atoms with Gasteiger partial charge in [0.2, 0.25) is 0 Å². The van der Waals surface area contributed by atoms with Crippen molar-refractivity contribution < 1.29 is 9.90 Å². The van der Waals surface area contributed by atoms with E-state index in [2.05, 4.69) is 10.3 Å². The maximum absolute atomic E-state index is 11.7. The number of amides is 1. The molecule has 1 aromatic rings. The summed E-state index contributed by atoms with van der Waals surface area (Å²) in [6.45, 7) is 6.40. The van der Waals surface area contributed by atoms with Crippen LogP contribution in [-0.2, 0) is 0 Å². The fourth-order valence-corrected chi connectivity index (χ4v) is 1.36. The van der Waals surface area contributed by atoms with Crippen LogP contribution in [0.5, 0.6) is 0 Å². The van der Waals surface area contributed by atoms with Crippen LogP contribution in [-0.4, -0.2) is 28.6 Å². The summed E-state index contributed by atoms with van der Waals surface area (Å²) in [5.74, 6) is -0.131. The van der Waals surface area contributed by atoms with Gasteiger partial charge in [-0.1, -0.05) is 20.8 Å². The van der Waals surface area contributed by atoms with Crippen LogP contribution in [0.1, 0.15) is 37.6 Å². The first-order valence-electron chi connectivity index (χ1n) is 5.77. The maximum atomic E-state index is 11.7. The zero-order valence-electron chi connectivity index (χ0n) is 10.6. The lowest BCUT2D eigenvalue weighted by Gasteiger charge is -2.25. The number of hydrogen-bond donors (Lipinski definition) is 2. The summed E-state index contributed by atoms with van der Waals surface area (Å²) in [5, 5.41) is 12.6. The minimum atomic E-state index is -0.416. The third-order valence-corrected chi connectivity index (χ3v) is 2.65. The van der Waals surface area contributed by atoms with Crippen LogP contribution in [0, 0.1) is 5.41 Å². The van der Waals surface area contributed by atoms with E-state index in [0.29, 0.717) is 18.5 Å². The smallest absolute Gasteiger partial charge is 0.251 e. The lowest BCUT2D eigenvalue weighted by molar-refractivity contribution is 0.0551. The second kappa shape index (κ2) is 5.77. The topological polar surface area (TPSA) is 62.2 Å². The highest BCUT2D eigenvalue weighted by atomic mass is 16.3. The molecule has 0 aliphatic carbocycles. The predicted molar refractivity (Wildman–Crippen MR) is 66.6 cm³/mol. The van der Waals surface area contributed by atoms with Crippen molar-refractivity contribution in [1.82, 2.24) is 10.3 Å². The van der Waals surface area contributed by atoms with Gasteiger partial charge in [-0.2, -0.15) is 0 Å². The molecule has 1 amide bonds. The van der Waals surface area contributed by atoms with E-state index >= 15 is 0 Å². The van der Waals surface area contributed by atoms with Crippen LogP contribution in [0.4, 0.5) is 0 Å². The summed E-state index contributed by atoms with van der Waals surface area (Å²) in [7, 11) is 0. The molecule has 1 atom stereocenters. The van der Waals surface area contributed by atoms with E-state index < -0.39 is 6.10 Å². The van der Waals surface area contributed by atoms with Gasteiger partial charge in [0.25, 0.3) is 5.91 Å². The van der Waals surface area contributed by atoms with Crippen LogP contribution in [0.15, 0.2) is 24.5 Å². The number of hydrogen-bond acceptors (Lipinski definition) is 3. The molecule has 0 saturated carbocycles. The number of aromatic nitrogens is 1. The van der Waals surface area contributed by atoms with Crippen LogP contribution in [0.2, 0.25) is 0 Å². The Bertz CT molecular complexity index is 357. The number of nitrogens with one attached hydrogen (secondary N) is 1. The minimum absolute atomic E-state index is 0.131. The predicted octanol–water partition coefficient (Wildman–Crippen LogP) is 1.61. The Hall–Kier alpha value is -1.42. The molecule has 0 fully saturated rings. The molecular weight excluding hydrogens is 216 g/mol. The van der Waals surface area contributed by atoms with Crippen LogP contribution in [0.25, 0.3) is 0 Å². The Labute approximate surface area is 102 Å². The largest absolute Gasteiger partial charge is 0.393 e. The van der Waals surface area contributed by atoms with Gasteiger partial charge in [-0.05, 0) is 24.0 Å². The third-order valence-electron chi connectivity index (χ3n) is 2.65. The fourth-order valence-electron chi connectivity index (χ4n) is 1.36. The number of pyridine rings is 1. The molecule has 4 heteroatoms. The molecule has 0 aliphatic heterocycles. The Morgan fingerprint density at radius 2 is 2.00 bits per heavy atom. The van der Waals surface area contributed by atoms with Crippen molar-refractivity contribution >= 4 is 5.91 Å². The molecule has 4 nitrogen and oxygen atoms in total. The van der Waals surface area contributed by atoms with E-state index in [9.17, 15) is 9.90 Å². The van der Waals surface area contributed by atoms with Crippen molar-refractivity contribution in [2.75, 3.05) is 6.54 Å². The molecule has 0 aliphatic rings. The SMILES string of the molecule is CC(C)(C)[C@@H](O)CCNC(=O)c1ccncc1. The van der Waals surface area contributed by atoms with Gasteiger partial charge in [0, 0.05) is 24.5 Å². The lowest BCUT2D eigenvalue weighted by Crippen LogP contribution is -2.32. The van der Waals surface area contributed by atoms with Crippen molar-refractivity contribution in [3.8, 4) is 0 Å². The number of aliphatic hydroxyl groups is 1. The second-order valence-corrected chi connectivity index (χ2v) is 5.16. The average molecular weight is 236 g/mol. The highest BCUT2D eigenvalue weighted by Gasteiger charge is 2.21. The number of nitrogens with zero attached hydrogens (tertiary/aromatic N) is 1. The summed E-state index contributed by atoms with van der Waals surface area (Å²) < 4.78 is 0. The van der Waals surface area contributed by atoms with Crippen molar-refractivity contribution in [3.05, 3.63) is 30.1 Å². The highest BCUT2D eigenvalue weighted by molar-refractivity contribution is 5.93. The van der Waals surface area contributed by atoms with E-state index in [1.807, 2.05) is 20.8 Å². The van der Waals surface area contributed by atoms with Crippen LogP contribution < -0.4 is 5.32 Å². The molecule has 1 rings (SSSR count). The van der Waals surface area contributed by atoms with E-state index in [1.165, 1.54) is 0 Å². The number of carbonyl (C=O) groups is 1. The number of aliphatic hydroxyl groups excluding tert-OH is 1. The molecule has 0 radical (unpaired) electrons. The average Bonchev–Trinajstić information content (AvgIpc) is 2.28. The minimum Gasteiger partial charge on any atom is -0.393 e. The van der Waals surface area contributed by atoms with Gasteiger partial charge < -0.3 is 10.4 Å². The van der Waals surface area contributed by atoms with E-state index in [1.54, 1.807) is 24.5 Å².